The topological polar surface area (TPSA) is 119 Å². The molecule has 0 unspecified atom stereocenters. The van der Waals surface area contributed by atoms with Gasteiger partial charge in [0.05, 0.1) is 37.1 Å². The first-order valence-electron chi connectivity index (χ1n) is 12.5. The van der Waals surface area contributed by atoms with Crippen molar-refractivity contribution < 1.29 is 24.1 Å². The molecule has 0 aliphatic heterocycles. The van der Waals surface area contributed by atoms with Crippen LogP contribution in [-0.4, -0.2) is 59.1 Å². The highest BCUT2D eigenvalue weighted by Gasteiger charge is 2.17. The van der Waals surface area contributed by atoms with E-state index in [-0.39, 0.29) is 6.61 Å². The minimum absolute atomic E-state index is 0.0524. The molecule has 2 aromatic carbocycles. The summed E-state index contributed by atoms with van der Waals surface area (Å²) in [5, 5.41) is 12.2. The minimum atomic E-state index is -0.621. The Kier molecular flexibility index (Phi) is 8.46. The molecule has 0 saturated heterocycles. The number of benzene rings is 2. The summed E-state index contributed by atoms with van der Waals surface area (Å²) in [6.45, 7) is 6.01. The molecule has 1 amide bonds. The van der Waals surface area contributed by atoms with Gasteiger partial charge in [-0.3, -0.25) is 10.3 Å². The Labute approximate surface area is 227 Å². The number of pyridine rings is 1. The van der Waals surface area contributed by atoms with Crippen LogP contribution < -0.4 is 19.7 Å². The molecule has 0 aliphatic carbocycles. The van der Waals surface area contributed by atoms with Gasteiger partial charge in [0.25, 0.3) is 0 Å². The lowest BCUT2D eigenvalue weighted by Crippen LogP contribution is -2.27. The number of nitrogens with one attached hydrogen (secondary N) is 1. The highest BCUT2D eigenvalue weighted by Crippen LogP contribution is 2.34. The predicted molar refractivity (Wildman–Crippen MR) is 151 cm³/mol. The van der Waals surface area contributed by atoms with Gasteiger partial charge in [0.15, 0.2) is 0 Å². The average Bonchev–Trinajstić information content (AvgIpc) is 2.91. The van der Waals surface area contributed by atoms with Crippen LogP contribution in [0.2, 0.25) is 0 Å². The molecule has 39 heavy (non-hydrogen) atoms. The van der Waals surface area contributed by atoms with Crippen molar-refractivity contribution in [3.05, 3.63) is 60.9 Å². The summed E-state index contributed by atoms with van der Waals surface area (Å²) in [7, 11) is 3.22. The largest absolute Gasteiger partial charge is 0.497 e. The molecule has 10 nitrogen and oxygen atoms in total. The van der Waals surface area contributed by atoms with Gasteiger partial charge in [0.1, 0.15) is 22.9 Å². The number of carbonyl (C=O) groups is 1. The number of hydrogen-bond acceptors (Lipinski definition) is 9. The summed E-state index contributed by atoms with van der Waals surface area (Å²) < 4.78 is 16.2. The summed E-state index contributed by atoms with van der Waals surface area (Å²) >= 11 is 0. The van der Waals surface area contributed by atoms with Crippen LogP contribution in [0.15, 0.2) is 60.9 Å². The van der Waals surface area contributed by atoms with Gasteiger partial charge in [-0.1, -0.05) is 0 Å². The Morgan fingerprint density at radius 2 is 1.69 bits per heavy atom. The molecule has 0 saturated carbocycles. The van der Waals surface area contributed by atoms with Crippen molar-refractivity contribution >= 4 is 34.3 Å². The third-order valence-electron chi connectivity index (χ3n) is 5.71. The lowest BCUT2D eigenvalue weighted by molar-refractivity contribution is 0.0635. The highest BCUT2D eigenvalue weighted by atomic mass is 16.6. The first-order valence-corrected chi connectivity index (χ1v) is 12.5. The lowest BCUT2D eigenvalue weighted by Gasteiger charge is -2.26. The number of aromatic nitrogens is 3. The maximum absolute atomic E-state index is 12.2. The summed E-state index contributed by atoms with van der Waals surface area (Å²) in [4.78, 5) is 27.9. The second-order valence-corrected chi connectivity index (χ2v) is 9.78. The third-order valence-corrected chi connectivity index (χ3v) is 5.71. The molecule has 0 atom stereocenters. The second kappa shape index (κ2) is 12.0. The number of anilines is 3. The maximum atomic E-state index is 12.2. The minimum Gasteiger partial charge on any atom is -0.497 e. The number of carbonyl (C=O) groups excluding carboxylic acids is 1. The van der Waals surface area contributed by atoms with Gasteiger partial charge in [0.2, 0.25) is 0 Å². The zero-order valence-corrected chi connectivity index (χ0v) is 22.8. The van der Waals surface area contributed by atoms with Crippen LogP contribution in [0.5, 0.6) is 11.5 Å². The van der Waals surface area contributed by atoms with Crippen molar-refractivity contribution in [1.29, 1.82) is 0 Å². The Morgan fingerprint density at radius 3 is 2.36 bits per heavy atom. The number of fused-ring (bicyclic) bond motifs is 1. The van der Waals surface area contributed by atoms with Crippen molar-refractivity contribution in [3.63, 3.8) is 0 Å². The van der Waals surface area contributed by atoms with E-state index in [2.05, 4.69) is 20.2 Å². The van der Waals surface area contributed by atoms with Gasteiger partial charge in [-0.2, -0.15) is 0 Å². The zero-order valence-electron chi connectivity index (χ0n) is 22.8. The lowest BCUT2D eigenvalue weighted by atomic mass is 10.1. The smallest absolute Gasteiger partial charge is 0.413 e. The van der Waals surface area contributed by atoms with Gasteiger partial charge >= 0.3 is 6.09 Å². The Morgan fingerprint density at radius 1 is 0.949 bits per heavy atom. The van der Waals surface area contributed by atoms with Crippen molar-refractivity contribution in [3.8, 4) is 22.8 Å². The van der Waals surface area contributed by atoms with Crippen molar-refractivity contribution in [2.75, 3.05) is 37.6 Å². The molecule has 204 valence electrons. The molecule has 0 radical (unpaired) electrons. The first-order chi connectivity index (χ1) is 18.7. The maximum Gasteiger partial charge on any atom is 0.413 e. The van der Waals surface area contributed by atoms with Crippen LogP contribution >= 0.6 is 0 Å². The van der Waals surface area contributed by atoms with E-state index >= 15 is 0 Å². The predicted octanol–water partition coefficient (Wildman–Crippen LogP) is 5.58. The van der Waals surface area contributed by atoms with Gasteiger partial charge in [-0.25, -0.2) is 14.8 Å². The molecule has 2 aromatic heterocycles. The van der Waals surface area contributed by atoms with Crippen molar-refractivity contribution in [2.45, 2.75) is 32.8 Å². The monoisotopic (exact) mass is 531 g/mol. The summed E-state index contributed by atoms with van der Waals surface area (Å²) in [6, 6.07) is 15.0. The van der Waals surface area contributed by atoms with E-state index in [1.165, 1.54) is 0 Å². The number of amides is 1. The second-order valence-electron chi connectivity index (χ2n) is 9.78. The molecular formula is C29H33N5O5. The van der Waals surface area contributed by atoms with Crippen LogP contribution in [0, 0.1) is 0 Å². The molecule has 4 rings (SSSR count). The molecule has 10 heteroatoms. The normalized spacial score (nSPS) is 11.2. The van der Waals surface area contributed by atoms with Gasteiger partial charge < -0.3 is 24.2 Å². The zero-order chi connectivity index (χ0) is 28.0. The van der Waals surface area contributed by atoms with Crippen LogP contribution in [0.1, 0.15) is 27.2 Å². The molecule has 0 bridgehead atoms. The molecule has 4 aromatic rings. The Hall–Kier alpha value is -4.44. The van der Waals surface area contributed by atoms with E-state index in [0.29, 0.717) is 41.5 Å². The quantitative estimate of drug-likeness (QED) is 0.285. The van der Waals surface area contributed by atoms with E-state index in [9.17, 15) is 9.90 Å². The van der Waals surface area contributed by atoms with Crippen molar-refractivity contribution in [2.24, 2.45) is 0 Å². The molecule has 0 aliphatic rings. The van der Waals surface area contributed by atoms with Crippen molar-refractivity contribution in [1.82, 2.24) is 15.0 Å². The molecule has 0 fully saturated rings. The van der Waals surface area contributed by atoms with Crippen LogP contribution in [-0.2, 0) is 4.74 Å². The van der Waals surface area contributed by atoms with E-state index in [4.69, 9.17) is 19.2 Å². The molecule has 0 spiro atoms. The molecule has 2 N–H and O–H groups in total. The fraction of sp³-hybridized carbons (Fsp3) is 0.310. The van der Waals surface area contributed by atoms with Gasteiger partial charge in [-0.15, -0.1) is 0 Å². The standard InChI is InChI=1S/C29H33N5O5/c1-29(2,3)39-28(36)33-27-13-19(9-10-30-27)26-18-31-24-8-7-20(16-25(24)32-26)34(11-6-12-35)21-14-22(37-4)17-23(15-21)38-5/h7-10,13-18,35H,6,11-12H2,1-5H3,(H,30,33,36). The number of aliphatic hydroxyl groups is 1. The number of nitrogens with zero attached hydrogens (tertiary/aromatic N) is 4. The number of ether oxygens (including phenoxy) is 3. The number of methoxy groups -OCH3 is 2. The number of aliphatic hydroxyl groups excluding tert-OH is 1. The fourth-order valence-electron chi connectivity index (χ4n) is 3.96. The van der Waals surface area contributed by atoms with E-state index in [0.717, 1.165) is 22.5 Å². The van der Waals surface area contributed by atoms with Gasteiger partial charge in [-0.05, 0) is 57.5 Å². The fourth-order valence-corrected chi connectivity index (χ4v) is 3.96. The Balaban J connectivity index is 1.68. The summed E-state index contributed by atoms with van der Waals surface area (Å²) in [6.07, 6.45) is 3.26. The van der Waals surface area contributed by atoms with Crippen LogP contribution in [0.3, 0.4) is 0 Å². The highest BCUT2D eigenvalue weighted by molar-refractivity contribution is 5.85. The Bertz CT molecular complexity index is 1430. The third kappa shape index (κ3) is 7.11. The molecule has 2 heterocycles. The number of hydrogen-bond donors (Lipinski definition) is 2. The SMILES string of the molecule is COc1cc(OC)cc(N(CCCO)c2ccc3ncc(-c4ccnc(NC(=O)OC(C)(C)C)c4)nc3c2)c1. The van der Waals surface area contributed by atoms with E-state index in [1.807, 2.05) is 36.4 Å². The first kappa shape index (κ1) is 27.6. The molecular weight excluding hydrogens is 498 g/mol. The van der Waals surface area contributed by atoms with E-state index < -0.39 is 11.7 Å². The summed E-state index contributed by atoms with van der Waals surface area (Å²) in [5.74, 6) is 1.67. The average molecular weight is 532 g/mol. The van der Waals surface area contributed by atoms with E-state index in [1.54, 1.807) is 59.5 Å². The van der Waals surface area contributed by atoms with Crippen LogP contribution in [0.25, 0.3) is 22.3 Å². The summed E-state index contributed by atoms with van der Waals surface area (Å²) in [5.41, 5.74) is 3.89. The van der Waals surface area contributed by atoms with Gasteiger partial charge in [0, 0.05) is 54.5 Å². The van der Waals surface area contributed by atoms with Crippen LogP contribution in [0.4, 0.5) is 22.0 Å². The number of rotatable bonds is 9.